The molecule has 2 heterocycles. The first-order valence-electron chi connectivity index (χ1n) is 8.65. The van der Waals surface area contributed by atoms with Gasteiger partial charge >= 0.3 is 0 Å². The number of anilines is 2. The lowest BCUT2D eigenvalue weighted by Crippen LogP contribution is -2.27. The van der Waals surface area contributed by atoms with E-state index in [1.807, 2.05) is 35.2 Å². The van der Waals surface area contributed by atoms with E-state index in [0.717, 1.165) is 40.6 Å². The van der Waals surface area contributed by atoms with E-state index in [1.54, 1.807) is 6.07 Å². The molecule has 138 valence electrons. The quantitative estimate of drug-likeness (QED) is 0.534. The monoisotopic (exact) mass is 418 g/mol. The summed E-state index contributed by atoms with van der Waals surface area (Å²) in [5.74, 6) is -0.309. The lowest BCUT2D eigenvalue weighted by atomic mass is 10.0. The lowest BCUT2D eigenvalue weighted by Gasteiger charge is -2.17. The number of amides is 2. The molecule has 2 amide bonds. The van der Waals surface area contributed by atoms with Gasteiger partial charge in [-0.3, -0.25) is 9.59 Å². The molecule has 0 saturated heterocycles. The molecule has 0 saturated carbocycles. The van der Waals surface area contributed by atoms with Crippen molar-refractivity contribution in [3.05, 3.63) is 56.2 Å². The Morgan fingerprint density at radius 2 is 2.04 bits per heavy atom. The number of thiophene rings is 1. The number of nitrogens with zero attached hydrogens (tertiary/aromatic N) is 1. The van der Waals surface area contributed by atoms with Gasteiger partial charge < -0.3 is 10.2 Å². The molecule has 0 spiro atoms. The summed E-state index contributed by atoms with van der Waals surface area (Å²) >= 11 is 13.2. The van der Waals surface area contributed by atoms with Crippen LogP contribution in [0.3, 0.4) is 0 Å². The molecular formula is C20H16Cl2N2O2S. The number of nitrogens with one attached hydrogen (secondary N) is 1. The Bertz CT molecular complexity index is 1080. The van der Waals surface area contributed by atoms with Gasteiger partial charge in [0.2, 0.25) is 0 Å². The molecule has 0 atom stereocenters. The largest absolute Gasteiger partial charge is 0.321 e. The maximum absolute atomic E-state index is 12.8. The van der Waals surface area contributed by atoms with Crippen LogP contribution in [0.1, 0.15) is 40.5 Å². The number of benzene rings is 2. The van der Waals surface area contributed by atoms with Gasteiger partial charge in [-0.15, -0.1) is 11.3 Å². The summed E-state index contributed by atoms with van der Waals surface area (Å²) in [7, 11) is 0. The van der Waals surface area contributed by atoms with Gasteiger partial charge in [0, 0.05) is 28.6 Å². The summed E-state index contributed by atoms with van der Waals surface area (Å²) in [6.07, 6.45) is 1.96. The highest BCUT2D eigenvalue weighted by Gasteiger charge is 2.30. The summed E-state index contributed by atoms with van der Waals surface area (Å²) in [6, 6.07) is 10.9. The van der Waals surface area contributed by atoms with Gasteiger partial charge in [0.1, 0.15) is 4.34 Å². The molecule has 2 aromatic carbocycles. The van der Waals surface area contributed by atoms with Crippen LogP contribution < -0.4 is 10.2 Å². The van der Waals surface area contributed by atoms with Crippen molar-refractivity contribution in [2.75, 3.05) is 16.8 Å². The van der Waals surface area contributed by atoms with Crippen molar-refractivity contribution >= 4 is 68.5 Å². The van der Waals surface area contributed by atoms with Crippen LogP contribution in [-0.2, 0) is 0 Å². The number of unbranched alkanes of at least 4 members (excludes halogenated alkanes) is 1. The molecule has 0 fully saturated rings. The zero-order valence-corrected chi connectivity index (χ0v) is 16.8. The zero-order chi connectivity index (χ0) is 19.1. The fourth-order valence-corrected chi connectivity index (χ4v) is 4.84. The third-order valence-electron chi connectivity index (χ3n) is 4.67. The summed E-state index contributed by atoms with van der Waals surface area (Å²) in [5.41, 5.74) is 2.56. The van der Waals surface area contributed by atoms with Gasteiger partial charge in [-0.25, -0.2) is 0 Å². The maximum Gasteiger partial charge on any atom is 0.258 e. The van der Waals surface area contributed by atoms with Gasteiger partial charge in [0.25, 0.3) is 11.8 Å². The van der Waals surface area contributed by atoms with Gasteiger partial charge in [0.15, 0.2) is 0 Å². The van der Waals surface area contributed by atoms with E-state index in [1.165, 1.54) is 0 Å². The standard InChI is InChI=1S/C20H16Cl2N2O2S/c1-2-3-9-24-15-8-7-14(11-5-4-6-12(17(11)15)20(24)26)23-19(25)13-10-16(21)27-18(13)22/h4-8,10H,2-3,9H2,1H3,(H,23,25). The second kappa shape index (κ2) is 7.15. The number of carbonyl (C=O) groups excluding carboxylic acids is 2. The topological polar surface area (TPSA) is 49.4 Å². The number of carbonyl (C=O) groups is 2. The summed E-state index contributed by atoms with van der Waals surface area (Å²) in [5, 5.41) is 4.62. The second-order valence-electron chi connectivity index (χ2n) is 6.36. The minimum absolute atomic E-state index is 0.0141. The summed E-state index contributed by atoms with van der Waals surface area (Å²) in [4.78, 5) is 27.2. The van der Waals surface area contributed by atoms with Crippen molar-refractivity contribution in [2.24, 2.45) is 0 Å². The number of halogens is 2. The Balaban J connectivity index is 1.75. The Morgan fingerprint density at radius 3 is 2.74 bits per heavy atom. The zero-order valence-electron chi connectivity index (χ0n) is 14.5. The third-order valence-corrected chi connectivity index (χ3v) is 6.16. The Morgan fingerprint density at radius 1 is 1.22 bits per heavy atom. The van der Waals surface area contributed by atoms with Crippen LogP contribution in [0.4, 0.5) is 11.4 Å². The number of hydrogen-bond donors (Lipinski definition) is 1. The Labute approximate surface area is 170 Å². The minimum atomic E-state index is -0.323. The first-order chi connectivity index (χ1) is 13.0. The van der Waals surface area contributed by atoms with E-state index in [9.17, 15) is 9.59 Å². The van der Waals surface area contributed by atoms with Gasteiger partial charge in [-0.2, -0.15) is 0 Å². The van der Waals surface area contributed by atoms with Gasteiger partial charge in [-0.1, -0.05) is 48.7 Å². The molecule has 0 bridgehead atoms. The molecule has 4 nitrogen and oxygen atoms in total. The van der Waals surface area contributed by atoms with Crippen molar-refractivity contribution in [1.82, 2.24) is 0 Å². The number of rotatable bonds is 5. The molecule has 1 aromatic heterocycles. The SMILES string of the molecule is CCCCN1C(=O)c2cccc3c(NC(=O)c4cc(Cl)sc4Cl)ccc1c23. The van der Waals surface area contributed by atoms with E-state index in [0.29, 0.717) is 32.0 Å². The highest BCUT2D eigenvalue weighted by molar-refractivity contribution is 7.20. The molecule has 1 N–H and O–H groups in total. The van der Waals surface area contributed by atoms with Crippen molar-refractivity contribution in [1.29, 1.82) is 0 Å². The molecule has 1 aliphatic heterocycles. The minimum Gasteiger partial charge on any atom is -0.321 e. The van der Waals surface area contributed by atoms with Crippen molar-refractivity contribution in [3.8, 4) is 0 Å². The molecule has 1 aliphatic rings. The van der Waals surface area contributed by atoms with Crippen LogP contribution in [0.25, 0.3) is 10.8 Å². The molecule has 4 rings (SSSR count). The van der Waals surface area contributed by atoms with E-state index in [4.69, 9.17) is 23.2 Å². The predicted molar refractivity (Wildman–Crippen MR) is 113 cm³/mol. The van der Waals surface area contributed by atoms with Crippen LogP contribution >= 0.6 is 34.5 Å². The highest BCUT2D eigenvalue weighted by Crippen LogP contribution is 2.41. The fraction of sp³-hybridized carbons (Fsp3) is 0.200. The Hall–Kier alpha value is -2.08. The molecule has 0 aliphatic carbocycles. The summed E-state index contributed by atoms with van der Waals surface area (Å²) in [6.45, 7) is 2.79. The van der Waals surface area contributed by atoms with Gasteiger partial charge in [0.05, 0.1) is 15.6 Å². The van der Waals surface area contributed by atoms with Crippen LogP contribution in [0.2, 0.25) is 8.67 Å². The maximum atomic E-state index is 12.8. The van der Waals surface area contributed by atoms with Gasteiger partial charge in [-0.05, 0) is 30.7 Å². The Kier molecular flexibility index (Phi) is 4.84. The first kappa shape index (κ1) is 18.3. The third kappa shape index (κ3) is 3.10. The average Bonchev–Trinajstić information content (AvgIpc) is 3.13. The molecule has 7 heteroatoms. The number of hydrogen-bond acceptors (Lipinski definition) is 3. The van der Waals surface area contributed by atoms with Crippen LogP contribution in [0.15, 0.2) is 36.4 Å². The summed E-state index contributed by atoms with van der Waals surface area (Å²) < 4.78 is 0.812. The molecule has 3 aromatic rings. The average molecular weight is 419 g/mol. The molecule has 0 unspecified atom stereocenters. The highest BCUT2D eigenvalue weighted by atomic mass is 35.5. The van der Waals surface area contributed by atoms with E-state index in [2.05, 4.69) is 12.2 Å². The predicted octanol–water partition coefficient (Wildman–Crippen LogP) is 6.22. The molecule has 27 heavy (non-hydrogen) atoms. The molecular weight excluding hydrogens is 403 g/mol. The van der Waals surface area contributed by atoms with Crippen molar-refractivity contribution < 1.29 is 9.59 Å². The van der Waals surface area contributed by atoms with E-state index in [-0.39, 0.29) is 11.8 Å². The fourth-order valence-electron chi connectivity index (χ4n) is 3.38. The van der Waals surface area contributed by atoms with Crippen molar-refractivity contribution in [2.45, 2.75) is 19.8 Å². The normalized spacial score (nSPS) is 12.9. The van der Waals surface area contributed by atoms with E-state index < -0.39 is 0 Å². The second-order valence-corrected chi connectivity index (χ2v) is 8.65. The van der Waals surface area contributed by atoms with E-state index >= 15 is 0 Å². The smallest absolute Gasteiger partial charge is 0.258 e. The molecule has 0 radical (unpaired) electrons. The van der Waals surface area contributed by atoms with Crippen molar-refractivity contribution in [3.63, 3.8) is 0 Å². The first-order valence-corrected chi connectivity index (χ1v) is 10.2. The lowest BCUT2D eigenvalue weighted by molar-refractivity contribution is 0.0991. The van der Waals surface area contributed by atoms with Crippen LogP contribution in [0, 0.1) is 0 Å². The van der Waals surface area contributed by atoms with Crippen LogP contribution in [0.5, 0.6) is 0 Å². The van der Waals surface area contributed by atoms with Crippen LogP contribution in [-0.4, -0.2) is 18.4 Å².